The van der Waals surface area contributed by atoms with E-state index in [2.05, 4.69) is 10.1 Å². The Morgan fingerprint density at radius 3 is 1.88 bits per heavy atom. The van der Waals surface area contributed by atoms with E-state index in [1.165, 1.54) is 28.5 Å². The third-order valence-electron chi connectivity index (χ3n) is 4.83. The molecular formula is C26H21Cl2N2OPS. The van der Waals surface area contributed by atoms with E-state index < -0.39 is 7.29 Å². The lowest BCUT2D eigenvalue weighted by molar-refractivity contribution is 0.589. The molecule has 0 fully saturated rings. The van der Waals surface area contributed by atoms with Crippen molar-refractivity contribution in [2.24, 2.45) is 0 Å². The number of nitrogens with zero attached hydrogens (tertiary/aromatic N) is 1. The average molecular weight is 511 g/mol. The lowest BCUT2D eigenvalue weighted by atomic mass is 10.1. The van der Waals surface area contributed by atoms with E-state index >= 15 is 0 Å². The highest BCUT2D eigenvalue weighted by atomic mass is 35.5. The summed E-state index contributed by atoms with van der Waals surface area (Å²) in [6, 6.07) is 26.9. The second-order valence-corrected chi connectivity index (χ2v) is 11.2. The van der Waals surface area contributed by atoms with Gasteiger partial charge < -0.3 is 5.09 Å². The quantitative estimate of drug-likeness (QED) is 0.252. The van der Waals surface area contributed by atoms with Crippen molar-refractivity contribution >= 4 is 57.0 Å². The first-order chi connectivity index (χ1) is 15.9. The molecule has 33 heavy (non-hydrogen) atoms. The number of nitrogens with one attached hydrogen (secondary N) is 1. The summed E-state index contributed by atoms with van der Waals surface area (Å²) >= 11 is 14.5. The number of benzene rings is 3. The van der Waals surface area contributed by atoms with Crippen LogP contribution in [0.25, 0.3) is 21.3 Å². The van der Waals surface area contributed by atoms with Crippen molar-refractivity contribution in [1.29, 1.82) is 0 Å². The lowest BCUT2D eigenvalue weighted by Crippen LogP contribution is -1.94. The van der Waals surface area contributed by atoms with Crippen molar-refractivity contribution in [2.75, 3.05) is 5.09 Å². The molecule has 3 nitrogen and oxygen atoms in total. The number of halogens is 2. The lowest BCUT2D eigenvalue weighted by Gasteiger charge is -2.13. The van der Waals surface area contributed by atoms with Crippen molar-refractivity contribution < 1.29 is 4.57 Å². The fourth-order valence-electron chi connectivity index (χ4n) is 3.11. The number of rotatable bonds is 7. The first-order valence-electron chi connectivity index (χ1n) is 10.2. The molecular weight excluding hydrogens is 490 g/mol. The third kappa shape index (κ3) is 6.25. The minimum atomic E-state index is -3.36. The molecule has 1 atom stereocenters. The van der Waals surface area contributed by atoms with Crippen LogP contribution in [0.15, 0.2) is 102 Å². The Bertz CT molecular complexity index is 1270. The van der Waals surface area contributed by atoms with Crippen LogP contribution in [0.5, 0.6) is 0 Å². The van der Waals surface area contributed by atoms with Crippen LogP contribution in [0, 0.1) is 6.92 Å². The minimum Gasteiger partial charge on any atom is -0.306 e. The zero-order chi connectivity index (χ0) is 23.3. The Morgan fingerprint density at radius 2 is 1.36 bits per heavy atom. The molecule has 1 aromatic heterocycles. The highest BCUT2D eigenvalue weighted by Gasteiger charge is 2.21. The van der Waals surface area contributed by atoms with Gasteiger partial charge in [0.25, 0.3) is 0 Å². The molecule has 0 aliphatic carbocycles. The van der Waals surface area contributed by atoms with E-state index in [-0.39, 0.29) is 0 Å². The summed E-state index contributed by atoms with van der Waals surface area (Å²) in [4.78, 5) is 4.65. The molecule has 4 rings (SSSR count). The fraction of sp³-hybridized carbons (Fsp3) is 0.0385. The highest BCUT2D eigenvalue weighted by molar-refractivity contribution is 7.72. The summed E-state index contributed by atoms with van der Waals surface area (Å²) in [6.45, 7) is 2.04. The first-order valence-corrected chi connectivity index (χ1v) is 13.7. The molecule has 0 radical (unpaired) electrons. The second kappa shape index (κ2) is 10.5. The molecule has 0 spiro atoms. The van der Waals surface area contributed by atoms with Crippen molar-refractivity contribution in [3.05, 3.63) is 119 Å². The Labute approximate surface area is 207 Å². The van der Waals surface area contributed by atoms with Crippen molar-refractivity contribution in [2.45, 2.75) is 6.92 Å². The van der Waals surface area contributed by atoms with Gasteiger partial charge in [-0.1, -0.05) is 114 Å². The molecule has 1 unspecified atom stereocenters. The normalized spacial score (nSPS) is 14.0. The van der Waals surface area contributed by atoms with Crippen LogP contribution >= 0.6 is 41.8 Å². The van der Waals surface area contributed by atoms with Crippen LogP contribution in [0.3, 0.4) is 0 Å². The van der Waals surface area contributed by atoms with Gasteiger partial charge in [0.2, 0.25) is 7.29 Å². The zero-order valence-electron chi connectivity index (χ0n) is 17.8. The highest BCUT2D eigenvalue weighted by Crippen LogP contribution is 2.54. The number of anilines is 1. The number of hydrogen-bond acceptors (Lipinski definition) is 3. The van der Waals surface area contributed by atoms with Crippen molar-refractivity contribution in [3.63, 3.8) is 0 Å². The SMILES string of the molecule is Cc1ccc(-c2csc(NP(=O)(/C=C(\Cl)c3ccccc3)/C=C(/Cl)c3ccccc3)n2)cc1. The summed E-state index contributed by atoms with van der Waals surface area (Å²) < 4.78 is 14.1. The zero-order valence-corrected chi connectivity index (χ0v) is 21.0. The standard InChI is InChI=1S/C26H21Cl2N2OPS/c1-19-12-14-22(15-13-19)25-18-33-26(29-25)30-32(31,16-23(27)20-8-4-2-5-9-20)17-24(28)21-10-6-3-7-11-21/h2-18H,1H3,(H,29,30,31)/b23-16-,24-17+. The molecule has 0 aliphatic heterocycles. The van der Waals surface area contributed by atoms with E-state index in [1.807, 2.05) is 97.2 Å². The molecule has 0 saturated heterocycles. The number of hydrogen-bond donors (Lipinski definition) is 1. The molecule has 0 saturated carbocycles. The van der Waals surface area contributed by atoms with Crippen LogP contribution in [-0.4, -0.2) is 4.98 Å². The van der Waals surface area contributed by atoms with E-state index in [9.17, 15) is 4.57 Å². The first kappa shape index (κ1) is 23.5. The van der Waals surface area contributed by atoms with Crippen molar-refractivity contribution in [3.8, 4) is 11.3 Å². The van der Waals surface area contributed by atoms with Crippen LogP contribution in [-0.2, 0) is 4.57 Å². The van der Waals surface area contributed by atoms with Gasteiger partial charge in [0.05, 0.1) is 15.8 Å². The Kier molecular flexibility index (Phi) is 7.52. The van der Waals surface area contributed by atoms with E-state index in [0.29, 0.717) is 15.2 Å². The molecule has 4 aromatic rings. The summed E-state index contributed by atoms with van der Waals surface area (Å²) in [5.41, 5.74) is 4.52. The van der Waals surface area contributed by atoms with Gasteiger partial charge in [-0.2, -0.15) is 0 Å². The molecule has 1 heterocycles. The third-order valence-corrected chi connectivity index (χ3v) is 8.54. The van der Waals surface area contributed by atoms with Gasteiger partial charge in [-0.3, -0.25) is 4.57 Å². The Balaban J connectivity index is 1.70. The van der Waals surface area contributed by atoms with E-state index in [0.717, 1.165) is 22.4 Å². The minimum absolute atomic E-state index is 0.371. The van der Waals surface area contributed by atoms with Crippen LogP contribution in [0.1, 0.15) is 16.7 Å². The fourth-order valence-corrected chi connectivity index (χ4v) is 6.96. The Hall–Kier alpha value is -2.62. The van der Waals surface area contributed by atoms with Crippen LogP contribution < -0.4 is 5.09 Å². The van der Waals surface area contributed by atoms with E-state index in [1.54, 1.807) is 0 Å². The summed E-state index contributed by atoms with van der Waals surface area (Å²) in [6.07, 6.45) is 0. The van der Waals surface area contributed by atoms with Gasteiger partial charge >= 0.3 is 0 Å². The van der Waals surface area contributed by atoms with Gasteiger partial charge in [0.1, 0.15) is 0 Å². The monoisotopic (exact) mass is 510 g/mol. The second-order valence-electron chi connectivity index (χ2n) is 7.41. The molecule has 3 aromatic carbocycles. The molecule has 1 N–H and O–H groups in total. The molecule has 7 heteroatoms. The predicted octanol–water partition coefficient (Wildman–Crippen LogP) is 9.28. The maximum absolute atomic E-state index is 14.1. The van der Waals surface area contributed by atoms with Crippen molar-refractivity contribution in [1.82, 2.24) is 4.98 Å². The van der Waals surface area contributed by atoms with Gasteiger partial charge in [0.15, 0.2) is 5.13 Å². The summed E-state index contributed by atoms with van der Waals surface area (Å²) in [5.74, 6) is 3.06. The van der Waals surface area contributed by atoms with E-state index in [4.69, 9.17) is 23.2 Å². The summed E-state index contributed by atoms with van der Waals surface area (Å²) in [7, 11) is -3.36. The molecule has 0 aliphatic rings. The number of aromatic nitrogens is 1. The van der Waals surface area contributed by atoms with Crippen LogP contribution in [0.4, 0.5) is 5.13 Å². The molecule has 0 amide bonds. The number of thiazole rings is 1. The maximum Gasteiger partial charge on any atom is 0.217 e. The van der Waals surface area contributed by atoms with Gasteiger partial charge in [0, 0.05) is 22.6 Å². The predicted molar refractivity (Wildman–Crippen MR) is 144 cm³/mol. The smallest absolute Gasteiger partial charge is 0.217 e. The Morgan fingerprint density at radius 1 is 0.848 bits per heavy atom. The largest absolute Gasteiger partial charge is 0.306 e. The van der Waals surface area contributed by atoms with Gasteiger partial charge in [-0.25, -0.2) is 4.98 Å². The van der Waals surface area contributed by atoms with Crippen LogP contribution in [0.2, 0.25) is 0 Å². The molecule has 0 bridgehead atoms. The number of aryl methyl sites for hydroxylation is 1. The topological polar surface area (TPSA) is 42.0 Å². The van der Waals surface area contributed by atoms with Gasteiger partial charge in [-0.05, 0) is 18.1 Å². The maximum atomic E-state index is 14.1. The molecule has 166 valence electrons. The average Bonchev–Trinajstić information content (AvgIpc) is 3.28. The summed E-state index contributed by atoms with van der Waals surface area (Å²) in [5, 5.41) is 6.30. The van der Waals surface area contributed by atoms with Gasteiger partial charge in [-0.15, -0.1) is 11.3 Å².